The predicted octanol–water partition coefficient (Wildman–Crippen LogP) is 5.62. The molecular formula is C27H35BrN2O3. The maximum atomic E-state index is 13.4. The number of ether oxygens (including phenoxy) is 1. The second-order valence-corrected chi connectivity index (χ2v) is 9.87. The fourth-order valence-electron chi connectivity index (χ4n) is 4.39. The van der Waals surface area contributed by atoms with Gasteiger partial charge in [-0.2, -0.15) is 0 Å². The fraction of sp³-hybridized carbons (Fsp3) is 0.481. The van der Waals surface area contributed by atoms with E-state index in [1.54, 1.807) is 4.90 Å². The van der Waals surface area contributed by atoms with Crippen molar-refractivity contribution in [3.63, 3.8) is 0 Å². The number of amides is 2. The molecule has 1 N–H and O–H groups in total. The Morgan fingerprint density at radius 1 is 1.09 bits per heavy atom. The summed E-state index contributed by atoms with van der Waals surface area (Å²) >= 11 is 3.56. The maximum Gasteiger partial charge on any atom is 0.261 e. The number of hydrogen-bond acceptors (Lipinski definition) is 3. The number of nitrogens with one attached hydrogen (secondary N) is 1. The predicted molar refractivity (Wildman–Crippen MR) is 135 cm³/mol. The van der Waals surface area contributed by atoms with Gasteiger partial charge in [-0.1, -0.05) is 65.5 Å². The molecule has 6 heteroatoms. The molecule has 0 aromatic heterocycles. The van der Waals surface area contributed by atoms with Crippen LogP contribution in [0.3, 0.4) is 0 Å². The third-order valence-corrected chi connectivity index (χ3v) is 7.58. The molecule has 1 atom stereocenters. The standard InChI is InChI=1S/C27H35BrN2O3/c1-5-24(27(32)29-22-8-6-7-9-22)30(16-21-12-10-18(2)11-13-21)25(31)17-33-23-14-19(3)26(28)20(4)15-23/h10-15,22,24H,5-9,16-17H2,1-4H3,(H,29,32). The van der Waals surface area contributed by atoms with Crippen LogP contribution in [0, 0.1) is 20.8 Å². The fourth-order valence-corrected chi connectivity index (χ4v) is 4.62. The molecule has 33 heavy (non-hydrogen) atoms. The van der Waals surface area contributed by atoms with Crippen LogP contribution in [0.2, 0.25) is 0 Å². The van der Waals surface area contributed by atoms with Gasteiger partial charge in [0.05, 0.1) is 0 Å². The summed E-state index contributed by atoms with van der Waals surface area (Å²) in [4.78, 5) is 28.2. The number of nitrogens with zero attached hydrogens (tertiary/aromatic N) is 1. The third-order valence-electron chi connectivity index (χ3n) is 6.33. The number of halogens is 1. The van der Waals surface area contributed by atoms with Crippen molar-refractivity contribution in [3.8, 4) is 5.75 Å². The van der Waals surface area contributed by atoms with Gasteiger partial charge >= 0.3 is 0 Å². The number of carbonyl (C=O) groups excluding carboxylic acids is 2. The van der Waals surface area contributed by atoms with Crippen molar-refractivity contribution in [3.05, 3.63) is 63.1 Å². The topological polar surface area (TPSA) is 58.6 Å². The lowest BCUT2D eigenvalue weighted by molar-refractivity contribution is -0.143. The smallest absolute Gasteiger partial charge is 0.261 e. The van der Waals surface area contributed by atoms with Crippen LogP contribution >= 0.6 is 15.9 Å². The van der Waals surface area contributed by atoms with E-state index in [-0.39, 0.29) is 24.5 Å². The Morgan fingerprint density at radius 2 is 1.70 bits per heavy atom. The molecule has 0 heterocycles. The average molecular weight is 515 g/mol. The van der Waals surface area contributed by atoms with Gasteiger partial charge in [0, 0.05) is 17.1 Å². The molecule has 0 bridgehead atoms. The average Bonchev–Trinajstić information content (AvgIpc) is 3.29. The van der Waals surface area contributed by atoms with E-state index in [9.17, 15) is 9.59 Å². The monoisotopic (exact) mass is 514 g/mol. The van der Waals surface area contributed by atoms with E-state index in [1.165, 1.54) is 0 Å². The molecule has 0 radical (unpaired) electrons. The Kier molecular flexibility index (Phi) is 8.95. The highest BCUT2D eigenvalue weighted by atomic mass is 79.9. The Morgan fingerprint density at radius 3 is 2.27 bits per heavy atom. The lowest BCUT2D eigenvalue weighted by Gasteiger charge is -2.31. The summed E-state index contributed by atoms with van der Waals surface area (Å²) in [5.74, 6) is 0.391. The molecule has 2 amide bonds. The highest BCUT2D eigenvalue weighted by molar-refractivity contribution is 9.10. The van der Waals surface area contributed by atoms with E-state index in [2.05, 4.69) is 21.2 Å². The first-order valence-electron chi connectivity index (χ1n) is 11.8. The number of rotatable bonds is 9. The molecule has 0 spiro atoms. The SMILES string of the molecule is CCC(C(=O)NC1CCCC1)N(Cc1ccc(C)cc1)C(=O)COc1cc(C)c(Br)c(C)c1. The van der Waals surface area contributed by atoms with Crippen LogP contribution in [-0.2, 0) is 16.1 Å². The third kappa shape index (κ3) is 6.83. The van der Waals surface area contributed by atoms with Gasteiger partial charge in [-0.15, -0.1) is 0 Å². The number of hydrogen-bond donors (Lipinski definition) is 1. The minimum absolute atomic E-state index is 0.0693. The second kappa shape index (κ2) is 11.7. The first kappa shape index (κ1) is 25.3. The summed E-state index contributed by atoms with van der Waals surface area (Å²) in [5, 5.41) is 3.18. The van der Waals surface area contributed by atoms with Crippen molar-refractivity contribution in [2.75, 3.05) is 6.61 Å². The number of aryl methyl sites for hydroxylation is 3. The first-order valence-corrected chi connectivity index (χ1v) is 12.6. The first-order chi connectivity index (χ1) is 15.8. The van der Waals surface area contributed by atoms with Crippen molar-refractivity contribution in [2.45, 2.75) is 78.4 Å². The van der Waals surface area contributed by atoms with Crippen LogP contribution in [-0.4, -0.2) is 35.4 Å². The molecule has 3 rings (SSSR count). The van der Waals surface area contributed by atoms with Crippen LogP contribution in [0.5, 0.6) is 5.75 Å². The summed E-state index contributed by atoms with van der Waals surface area (Å²) in [6.45, 7) is 8.24. The summed E-state index contributed by atoms with van der Waals surface area (Å²) in [6.07, 6.45) is 4.87. The van der Waals surface area contributed by atoms with Crippen LogP contribution in [0.4, 0.5) is 0 Å². The van der Waals surface area contributed by atoms with Crippen LogP contribution < -0.4 is 10.1 Å². The van der Waals surface area contributed by atoms with E-state index in [0.717, 1.165) is 52.4 Å². The molecule has 1 fully saturated rings. The van der Waals surface area contributed by atoms with Gasteiger partial charge in [0.1, 0.15) is 11.8 Å². The minimum atomic E-state index is -0.531. The lowest BCUT2D eigenvalue weighted by atomic mass is 10.1. The van der Waals surface area contributed by atoms with E-state index in [1.807, 2.05) is 64.1 Å². The van der Waals surface area contributed by atoms with Crippen LogP contribution in [0.25, 0.3) is 0 Å². The van der Waals surface area contributed by atoms with Gasteiger partial charge < -0.3 is 15.0 Å². The summed E-state index contributed by atoms with van der Waals surface area (Å²) < 4.78 is 6.93. The Balaban J connectivity index is 1.77. The van der Waals surface area contributed by atoms with Crippen molar-refractivity contribution in [1.29, 1.82) is 0 Å². The summed E-state index contributed by atoms with van der Waals surface area (Å²) in [5.41, 5.74) is 4.26. The highest BCUT2D eigenvalue weighted by Gasteiger charge is 2.30. The Hall–Kier alpha value is -2.34. The molecule has 0 saturated heterocycles. The van der Waals surface area contributed by atoms with Crippen molar-refractivity contribution in [1.82, 2.24) is 10.2 Å². The second-order valence-electron chi connectivity index (χ2n) is 9.08. The van der Waals surface area contributed by atoms with E-state index < -0.39 is 6.04 Å². The minimum Gasteiger partial charge on any atom is -0.484 e. The summed E-state index contributed by atoms with van der Waals surface area (Å²) in [7, 11) is 0. The van der Waals surface area contributed by atoms with Crippen molar-refractivity contribution in [2.24, 2.45) is 0 Å². The molecule has 2 aromatic carbocycles. The number of benzene rings is 2. The van der Waals surface area contributed by atoms with Gasteiger partial charge in [-0.25, -0.2) is 0 Å². The Bertz CT molecular complexity index is 945. The number of carbonyl (C=O) groups is 2. The van der Waals surface area contributed by atoms with Crippen molar-refractivity contribution >= 4 is 27.7 Å². The lowest BCUT2D eigenvalue weighted by Crippen LogP contribution is -2.52. The zero-order valence-corrected chi connectivity index (χ0v) is 21.7. The van der Waals surface area contributed by atoms with Gasteiger partial charge in [-0.3, -0.25) is 9.59 Å². The molecule has 5 nitrogen and oxygen atoms in total. The van der Waals surface area contributed by atoms with E-state index in [4.69, 9.17) is 4.74 Å². The summed E-state index contributed by atoms with van der Waals surface area (Å²) in [6, 6.07) is 11.6. The zero-order chi connectivity index (χ0) is 24.0. The molecule has 1 aliphatic rings. The molecule has 2 aromatic rings. The van der Waals surface area contributed by atoms with Crippen LogP contribution in [0.1, 0.15) is 61.3 Å². The highest BCUT2D eigenvalue weighted by Crippen LogP contribution is 2.26. The molecule has 178 valence electrons. The normalized spacial score (nSPS) is 14.7. The molecule has 1 saturated carbocycles. The van der Waals surface area contributed by atoms with Gasteiger partial charge in [-0.05, 0) is 68.9 Å². The van der Waals surface area contributed by atoms with Gasteiger partial charge in [0.25, 0.3) is 5.91 Å². The molecule has 1 aliphatic carbocycles. The van der Waals surface area contributed by atoms with Gasteiger partial charge in [0.2, 0.25) is 5.91 Å². The van der Waals surface area contributed by atoms with E-state index >= 15 is 0 Å². The molecule has 1 unspecified atom stereocenters. The Labute approximate surface area is 206 Å². The van der Waals surface area contributed by atoms with Crippen LogP contribution in [0.15, 0.2) is 40.9 Å². The van der Waals surface area contributed by atoms with Gasteiger partial charge in [0.15, 0.2) is 6.61 Å². The quantitative estimate of drug-likeness (QED) is 0.472. The van der Waals surface area contributed by atoms with E-state index in [0.29, 0.717) is 18.7 Å². The molecule has 0 aliphatic heterocycles. The molecular weight excluding hydrogens is 480 g/mol. The maximum absolute atomic E-state index is 13.4. The zero-order valence-electron chi connectivity index (χ0n) is 20.1. The largest absolute Gasteiger partial charge is 0.484 e. The van der Waals surface area contributed by atoms with Crippen molar-refractivity contribution < 1.29 is 14.3 Å².